The van der Waals surface area contributed by atoms with Crippen molar-refractivity contribution in [2.75, 3.05) is 13.7 Å². The fourth-order valence-electron chi connectivity index (χ4n) is 5.92. The van der Waals surface area contributed by atoms with Crippen LogP contribution in [0, 0.1) is 11.7 Å². The van der Waals surface area contributed by atoms with Gasteiger partial charge in [-0.25, -0.2) is 14.2 Å². The Morgan fingerprint density at radius 1 is 1.17 bits per heavy atom. The van der Waals surface area contributed by atoms with Crippen molar-refractivity contribution in [2.24, 2.45) is 5.92 Å². The van der Waals surface area contributed by atoms with Gasteiger partial charge in [0, 0.05) is 24.1 Å². The van der Waals surface area contributed by atoms with Crippen LogP contribution in [0.3, 0.4) is 0 Å². The number of benzene rings is 2. The minimum atomic E-state index is -0.730. The van der Waals surface area contributed by atoms with Crippen molar-refractivity contribution < 1.29 is 23.8 Å². The Balaban J connectivity index is 1.57. The summed E-state index contributed by atoms with van der Waals surface area (Å²) in [6.45, 7) is 3.12. The molecule has 1 saturated carbocycles. The summed E-state index contributed by atoms with van der Waals surface area (Å²) in [5.74, 6) is -0.195. The summed E-state index contributed by atoms with van der Waals surface area (Å²) in [6, 6.07) is 11.0. The lowest BCUT2D eigenvalue weighted by molar-refractivity contribution is -0.142. The molecule has 0 bridgehead atoms. The van der Waals surface area contributed by atoms with Crippen LogP contribution in [0.4, 0.5) is 9.18 Å². The number of hydrogen-bond acceptors (Lipinski definition) is 4. The Bertz CT molecular complexity index is 1300. The topological polar surface area (TPSA) is 84.7 Å². The number of carboxylic acids is 1. The maximum Gasteiger partial charge on any atom is 0.409 e. The highest BCUT2D eigenvalue weighted by Gasteiger charge is 2.32. The lowest BCUT2D eigenvalue weighted by Gasteiger charge is -2.28. The van der Waals surface area contributed by atoms with Crippen molar-refractivity contribution >= 4 is 23.1 Å². The van der Waals surface area contributed by atoms with E-state index in [2.05, 4.69) is 23.6 Å². The summed E-state index contributed by atoms with van der Waals surface area (Å²) >= 11 is 0. The standard InChI is InChI=1S/C28H32FN3O4/c1-17(15-21-5-3-4-6-23(21)29)32-24-12-11-18-13-14-31(28(35)36-2)16-22(18)25(24)30-26(32)19-7-9-20(10-8-19)27(33)34/h3-6,11-12,17,19-20H,7-10,13-16H2,1-2H3,(H,33,34)/t17-,19-,20-/m1/s1. The van der Waals surface area contributed by atoms with Gasteiger partial charge in [0.15, 0.2) is 0 Å². The average Bonchev–Trinajstić information content (AvgIpc) is 3.29. The molecule has 1 aromatic heterocycles. The van der Waals surface area contributed by atoms with E-state index in [1.54, 1.807) is 11.0 Å². The van der Waals surface area contributed by atoms with Crippen molar-refractivity contribution in [3.8, 4) is 0 Å². The second-order valence-corrected chi connectivity index (χ2v) is 10.1. The molecule has 1 fully saturated rings. The zero-order chi connectivity index (χ0) is 25.4. The summed E-state index contributed by atoms with van der Waals surface area (Å²) in [4.78, 5) is 30.6. The van der Waals surface area contributed by atoms with E-state index in [0.29, 0.717) is 37.9 Å². The molecular formula is C28H32FN3O4. The molecule has 1 N–H and O–H groups in total. The molecule has 5 rings (SSSR count). The van der Waals surface area contributed by atoms with Gasteiger partial charge in [-0.3, -0.25) is 4.79 Å². The molecule has 2 aliphatic rings. The van der Waals surface area contributed by atoms with E-state index >= 15 is 0 Å². The molecule has 0 spiro atoms. The number of carboxylic acid groups (broad SMARTS) is 1. The van der Waals surface area contributed by atoms with Gasteiger partial charge in [-0.2, -0.15) is 0 Å². The number of ether oxygens (including phenoxy) is 1. The molecule has 7 nitrogen and oxygen atoms in total. The number of rotatable bonds is 5. The molecule has 1 aliphatic heterocycles. The zero-order valence-corrected chi connectivity index (χ0v) is 20.7. The molecular weight excluding hydrogens is 461 g/mol. The third kappa shape index (κ3) is 4.45. The van der Waals surface area contributed by atoms with E-state index in [9.17, 15) is 19.1 Å². The summed E-state index contributed by atoms with van der Waals surface area (Å²) < 4.78 is 21.7. The molecule has 36 heavy (non-hydrogen) atoms. The molecule has 3 aromatic rings. The van der Waals surface area contributed by atoms with Crippen LogP contribution in [0.1, 0.15) is 67.1 Å². The zero-order valence-electron chi connectivity index (χ0n) is 20.7. The predicted molar refractivity (Wildman–Crippen MR) is 133 cm³/mol. The van der Waals surface area contributed by atoms with Gasteiger partial charge in [-0.1, -0.05) is 24.3 Å². The van der Waals surface area contributed by atoms with Crippen LogP contribution in [-0.2, 0) is 28.9 Å². The van der Waals surface area contributed by atoms with Crippen molar-refractivity contribution in [3.63, 3.8) is 0 Å². The van der Waals surface area contributed by atoms with E-state index in [-0.39, 0.29) is 29.8 Å². The number of amides is 1. The molecule has 1 aliphatic carbocycles. The minimum Gasteiger partial charge on any atom is -0.481 e. The first-order valence-electron chi connectivity index (χ1n) is 12.7. The van der Waals surface area contributed by atoms with Gasteiger partial charge in [0.1, 0.15) is 11.6 Å². The SMILES string of the molecule is COC(=O)N1CCc2ccc3c(nc([C@H]4CC[C@H](C(=O)O)CC4)n3[C@H](C)Cc3ccccc3F)c2C1. The van der Waals surface area contributed by atoms with Crippen LogP contribution in [0.15, 0.2) is 36.4 Å². The summed E-state index contributed by atoms with van der Waals surface area (Å²) in [7, 11) is 1.39. The number of aromatic nitrogens is 2. The van der Waals surface area contributed by atoms with Gasteiger partial charge in [-0.05, 0) is 68.7 Å². The number of methoxy groups -OCH3 is 1. The summed E-state index contributed by atoms with van der Waals surface area (Å²) in [5.41, 5.74) is 4.70. The number of aliphatic carboxylic acids is 1. The fourth-order valence-corrected chi connectivity index (χ4v) is 5.92. The highest BCUT2D eigenvalue weighted by molar-refractivity contribution is 5.82. The molecule has 190 valence electrons. The first-order valence-corrected chi connectivity index (χ1v) is 12.7. The molecule has 0 unspecified atom stereocenters. The predicted octanol–water partition coefficient (Wildman–Crippen LogP) is 5.46. The molecule has 0 radical (unpaired) electrons. The van der Waals surface area contributed by atoms with Gasteiger partial charge >= 0.3 is 12.1 Å². The first kappa shape index (κ1) is 24.3. The molecule has 1 amide bonds. The number of carbonyl (C=O) groups is 2. The number of nitrogens with zero attached hydrogens (tertiary/aromatic N) is 3. The average molecular weight is 494 g/mol. The lowest BCUT2D eigenvalue weighted by atomic mass is 9.81. The van der Waals surface area contributed by atoms with Crippen LogP contribution in [0.25, 0.3) is 11.0 Å². The van der Waals surface area contributed by atoms with Gasteiger partial charge in [0.05, 0.1) is 30.6 Å². The fraction of sp³-hybridized carbons (Fsp3) is 0.464. The molecule has 8 heteroatoms. The number of imidazole rings is 1. The maximum absolute atomic E-state index is 14.5. The van der Waals surface area contributed by atoms with E-state index in [1.807, 2.05) is 12.1 Å². The number of hydrogen-bond donors (Lipinski definition) is 1. The van der Waals surface area contributed by atoms with Crippen molar-refractivity contribution in [1.82, 2.24) is 14.5 Å². The molecule has 2 heterocycles. The Labute approximate surface area is 209 Å². The largest absolute Gasteiger partial charge is 0.481 e. The van der Waals surface area contributed by atoms with Crippen LogP contribution in [0.5, 0.6) is 0 Å². The summed E-state index contributed by atoms with van der Waals surface area (Å²) in [5, 5.41) is 9.47. The lowest BCUT2D eigenvalue weighted by Crippen LogP contribution is -2.35. The Morgan fingerprint density at radius 2 is 1.92 bits per heavy atom. The van der Waals surface area contributed by atoms with Crippen molar-refractivity contribution in [3.05, 3.63) is 64.7 Å². The van der Waals surface area contributed by atoms with Crippen LogP contribution in [-0.4, -0.2) is 45.3 Å². The quantitative estimate of drug-likeness (QED) is 0.510. The van der Waals surface area contributed by atoms with E-state index in [1.165, 1.54) is 18.7 Å². The third-order valence-corrected chi connectivity index (χ3v) is 7.88. The number of fused-ring (bicyclic) bond motifs is 3. The molecule has 1 atom stereocenters. The van der Waals surface area contributed by atoms with Crippen molar-refractivity contribution in [2.45, 2.75) is 64.0 Å². The van der Waals surface area contributed by atoms with Gasteiger partial charge in [-0.15, -0.1) is 0 Å². The maximum atomic E-state index is 14.5. The minimum absolute atomic E-state index is 0.0579. The van der Waals surface area contributed by atoms with Crippen LogP contribution >= 0.6 is 0 Å². The summed E-state index contributed by atoms with van der Waals surface area (Å²) in [6.07, 6.45) is 3.65. The number of carbonyl (C=O) groups excluding carboxylic acids is 1. The van der Waals surface area contributed by atoms with Gasteiger partial charge in [0.25, 0.3) is 0 Å². The van der Waals surface area contributed by atoms with Crippen LogP contribution in [0.2, 0.25) is 0 Å². The van der Waals surface area contributed by atoms with Gasteiger partial charge < -0.3 is 19.3 Å². The van der Waals surface area contributed by atoms with Crippen LogP contribution < -0.4 is 0 Å². The highest BCUT2D eigenvalue weighted by Crippen LogP contribution is 2.40. The molecule has 0 saturated heterocycles. The van der Waals surface area contributed by atoms with Gasteiger partial charge in [0.2, 0.25) is 0 Å². The Kier molecular flexibility index (Phi) is 6.69. The normalized spacial score (nSPS) is 20.7. The second-order valence-electron chi connectivity index (χ2n) is 10.1. The Morgan fingerprint density at radius 3 is 2.61 bits per heavy atom. The van der Waals surface area contributed by atoms with E-state index < -0.39 is 5.97 Å². The third-order valence-electron chi connectivity index (χ3n) is 7.88. The smallest absolute Gasteiger partial charge is 0.409 e. The molecule has 2 aromatic carbocycles. The monoisotopic (exact) mass is 493 g/mol. The highest BCUT2D eigenvalue weighted by atomic mass is 19.1. The first-order chi connectivity index (χ1) is 17.4. The second kappa shape index (κ2) is 9.91. The Hall–Kier alpha value is -3.42. The number of halogens is 1. The van der Waals surface area contributed by atoms with E-state index in [4.69, 9.17) is 9.72 Å². The van der Waals surface area contributed by atoms with Crippen molar-refractivity contribution in [1.29, 1.82) is 0 Å². The van der Waals surface area contributed by atoms with E-state index in [0.717, 1.165) is 41.7 Å².